The molecule has 410 valence electrons. The molecule has 0 unspecified atom stereocenters. The largest absolute Gasteiger partial charge is 0.531 e. The van der Waals surface area contributed by atoms with Gasteiger partial charge in [0.25, 0.3) is 23.6 Å². The molecule has 3 aliphatic heterocycles. The van der Waals surface area contributed by atoms with E-state index in [9.17, 15) is 38.4 Å². The molecule has 0 bridgehead atoms. The van der Waals surface area contributed by atoms with Crippen LogP contribution in [0.3, 0.4) is 0 Å². The predicted molar refractivity (Wildman–Crippen MR) is 306 cm³/mol. The molecule has 19 heteroatoms. The number of halogens is 2. The molecule has 0 aliphatic carbocycles. The molecule has 5 aromatic carbocycles. The third-order valence-electron chi connectivity index (χ3n) is 13.2. The highest BCUT2D eigenvalue weighted by molar-refractivity contribution is 7.49. The maximum absolute atomic E-state index is 14.4. The number of unbranched alkanes of at least 4 members (excludes halogenated alkanes) is 2. The van der Waals surface area contributed by atoms with Crippen LogP contribution in [0.15, 0.2) is 103 Å². The lowest BCUT2D eigenvalue weighted by molar-refractivity contribution is -0.137. The van der Waals surface area contributed by atoms with Gasteiger partial charge in [-0.3, -0.25) is 42.7 Å². The Kier molecular flexibility index (Phi) is 17.7. The summed E-state index contributed by atoms with van der Waals surface area (Å²) in [5, 5.41) is 19.5. The monoisotopic (exact) mass is 1120 g/mol. The Morgan fingerprint density at radius 2 is 1.24 bits per heavy atom. The van der Waals surface area contributed by atoms with E-state index in [0.717, 1.165) is 26.8 Å². The van der Waals surface area contributed by atoms with Crippen molar-refractivity contribution in [2.45, 2.75) is 96.7 Å². The van der Waals surface area contributed by atoms with Crippen LogP contribution in [-0.4, -0.2) is 94.6 Å². The van der Waals surface area contributed by atoms with E-state index in [4.69, 9.17) is 36.8 Å². The van der Waals surface area contributed by atoms with Gasteiger partial charge in [-0.25, -0.2) is 4.57 Å². The maximum atomic E-state index is 14.4. The summed E-state index contributed by atoms with van der Waals surface area (Å²) in [5.74, 6) is -1.91. The normalized spacial score (nSPS) is 16.5. The van der Waals surface area contributed by atoms with Crippen LogP contribution in [0.5, 0.6) is 11.5 Å². The summed E-state index contributed by atoms with van der Waals surface area (Å²) >= 11 is 13.1. The Morgan fingerprint density at radius 3 is 1.83 bits per heavy atom. The number of nitrogens with one attached hydrogen (secondary N) is 2. The highest BCUT2D eigenvalue weighted by atomic mass is 35.5. The first kappa shape index (κ1) is 57.4. The minimum Gasteiger partial charge on any atom is -0.507 e. The molecule has 3 heterocycles. The van der Waals surface area contributed by atoms with E-state index in [-0.39, 0.29) is 97.7 Å². The van der Waals surface area contributed by atoms with E-state index in [1.165, 1.54) is 24.3 Å². The van der Waals surface area contributed by atoms with Gasteiger partial charge in [-0.05, 0) is 106 Å². The van der Waals surface area contributed by atoms with E-state index >= 15 is 0 Å². The van der Waals surface area contributed by atoms with Gasteiger partial charge in [-0.1, -0.05) is 67.1 Å². The number of carbonyl (C=O) groups is 6. The van der Waals surface area contributed by atoms with Crippen LogP contribution in [0.4, 0.5) is 17.1 Å². The van der Waals surface area contributed by atoms with E-state index in [1.807, 2.05) is 48.5 Å². The number of alkyl halides is 2. The minimum atomic E-state index is -4.27. The molecule has 8 rings (SSSR count). The molecule has 0 saturated carbocycles. The molecule has 78 heavy (non-hydrogen) atoms. The first-order valence-corrected chi connectivity index (χ1v) is 28.4. The van der Waals surface area contributed by atoms with Crippen molar-refractivity contribution in [3.63, 3.8) is 0 Å². The van der Waals surface area contributed by atoms with E-state index in [1.54, 1.807) is 93.8 Å². The van der Waals surface area contributed by atoms with Crippen LogP contribution < -0.4 is 25.0 Å². The topological polar surface area (TPSA) is 201 Å². The van der Waals surface area contributed by atoms with Crippen LogP contribution in [0.2, 0.25) is 0 Å². The van der Waals surface area contributed by atoms with E-state index in [2.05, 4.69) is 10.6 Å². The minimum absolute atomic E-state index is 0.0352. The summed E-state index contributed by atoms with van der Waals surface area (Å²) in [4.78, 5) is 82.7. The third kappa shape index (κ3) is 13.5. The smallest absolute Gasteiger partial charge is 0.507 e. The summed E-state index contributed by atoms with van der Waals surface area (Å²) in [6.45, 7) is 11.3. The van der Waals surface area contributed by atoms with Gasteiger partial charge < -0.3 is 30.1 Å². The summed E-state index contributed by atoms with van der Waals surface area (Å²) in [7, 11) is -4.27. The standard InChI is InChI=1S/C59H64Cl2N5O11P/c1-58(2,3)76-78(74,77-59(4,5)6)75-49-32-47-57(44-17-12-10-15-42(44)49)40(34-61)36-66(47)54(72)23-20-37-19-21-38(22-24-55(73)65-35-39(33-60)56-43-16-11-9-14-41(43)48(67)31-46(56)65)45(30-37)63-51(69)27-28-62-50(68)18-8-7-13-29-64-52(70)25-26-53(64)71/h9-12,14-17,19-26,30-32,39-40,67H,7-8,13,18,27-29,33-36H2,1-6H3,(H,62,68)(H,63,69)/t39-,40-/m1/s1. The Labute approximate surface area is 464 Å². The summed E-state index contributed by atoms with van der Waals surface area (Å²) < 4.78 is 32.6. The molecule has 0 aromatic heterocycles. The second-order valence-electron chi connectivity index (χ2n) is 21.4. The molecule has 5 aromatic rings. The number of phenolic OH excluding ortho intramolecular Hbond substituents is 1. The number of anilines is 3. The Morgan fingerprint density at radius 1 is 0.692 bits per heavy atom. The molecular formula is C59H64Cl2N5O11P. The van der Waals surface area contributed by atoms with Crippen molar-refractivity contribution in [3.05, 3.63) is 125 Å². The van der Waals surface area contributed by atoms with Gasteiger partial charge in [-0.15, -0.1) is 23.2 Å². The van der Waals surface area contributed by atoms with Crippen LogP contribution in [0, 0.1) is 0 Å². The number of phenols is 1. The number of amides is 6. The molecule has 6 amide bonds. The highest BCUT2D eigenvalue weighted by Crippen LogP contribution is 2.57. The fraction of sp³-hybridized carbons (Fsp3) is 0.356. The van der Waals surface area contributed by atoms with Crippen molar-refractivity contribution < 1.29 is 52.0 Å². The SMILES string of the molecule is CC(C)(C)OP(=O)(Oc1cc2c(c3ccccc13)[C@H](CCl)CN2C(=O)C=Cc1ccc(C=CC(=O)N2C[C@@H](CCl)c3c2cc(O)c2ccccc32)c(NC(=O)CCNC(=O)CCCCCN2C(=O)C=CC2=O)c1)OC(C)(C)C. The zero-order chi connectivity index (χ0) is 56.1. The zero-order valence-electron chi connectivity index (χ0n) is 44.5. The van der Waals surface area contributed by atoms with Crippen molar-refractivity contribution in [3.8, 4) is 11.5 Å². The lowest BCUT2D eigenvalue weighted by atomic mass is 9.95. The molecule has 0 radical (unpaired) electrons. The van der Waals surface area contributed by atoms with Gasteiger partial charge in [0.15, 0.2) is 0 Å². The number of hydrogen-bond donors (Lipinski definition) is 3. The number of aromatic hydroxyl groups is 1. The fourth-order valence-electron chi connectivity index (χ4n) is 9.87. The van der Waals surface area contributed by atoms with Crippen LogP contribution >= 0.6 is 31.0 Å². The number of phosphoric acid groups is 1. The molecule has 16 nitrogen and oxygen atoms in total. The first-order chi connectivity index (χ1) is 37.0. The Hall–Kier alpha value is -6.81. The predicted octanol–water partition coefficient (Wildman–Crippen LogP) is 11.5. The quantitative estimate of drug-likeness (QED) is 0.0220. The number of imide groups is 1. The molecule has 3 aliphatic rings. The Bertz CT molecular complexity index is 3290. The van der Waals surface area contributed by atoms with Gasteiger partial charge >= 0.3 is 7.82 Å². The average Bonchev–Trinajstić information content (AvgIpc) is 4.28. The molecule has 2 atom stereocenters. The second-order valence-corrected chi connectivity index (χ2v) is 23.5. The van der Waals surface area contributed by atoms with Crippen LogP contribution in [-0.2, 0) is 42.4 Å². The molecule has 0 spiro atoms. The van der Waals surface area contributed by atoms with Crippen molar-refractivity contribution in [2.75, 3.05) is 53.1 Å². The van der Waals surface area contributed by atoms with E-state index < -0.39 is 30.8 Å². The average molecular weight is 1120 g/mol. The summed E-state index contributed by atoms with van der Waals surface area (Å²) in [5.41, 5.74) is 2.27. The van der Waals surface area contributed by atoms with Gasteiger partial charge in [0.1, 0.15) is 11.5 Å². The molecule has 0 saturated heterocycles. The Balaban J connectivity index is 1.02. The number of hydrogen-bond acceptors (Lipinski definition) is 11. The summed E-state index contributed by atoms with van der Waals surface area (Å²) in [6.07, 6.45) is 10.3. The number of carbonyl (C=O) groups excluding carboxylic acids is 6. The van der Waals surface area contributed by atoms with Gasteiger partial charge in [0, 0.05) is 116 Å². The summed E-state index contributed by atoms with van der Waals surface area (Å²) in [6, 6.07) is 23.2. The zero-order valence-corrected chi connectivity index (χ0v) is 46.9. The lowest BCUT2D eigenvalue weighted by Gasteiger charge is -2.31. The van der Waals surface area contributed by atoms with E-state index in [0.29, 0.717) is 58.2 Å². The third-order valence-corrected chi connectivity index (χ3v) is 15.9. The number of fused-ring (bicyclic) bond motifs is 6. The number of benzene rings is 5. The van der Waals surface area contributed by atoms with Crippen LogP contribution in [0.25, 0.3) is 33.7 Å². The van der Waals surface area contributed by atoms with Crippen molar-refractivity contribution >= 4 is 117 Å². The van der Waals surface area contributed by atoms with Gasteiger partial charge in [0.2, 0.25) is 11.8 Å². The number of nitrogens with zero attached hydrogens (tertiary/aromatic N) is 3. The second kappa shape index (κ2) is 24.1. The molecule has 0 fully saturated rings. The van der Waals surface area contributed by atoms with Gasteiger partial charge in [0.05, 0.1) is 22.6 Å². The highest BCUT2D eigenvalue weighted by Gasteiger charge is 2.41. The maximum Gasteiger partial charge on any atom is 0.531 e. The van der Waals surface area contributed by atoms with Crippen molar-refractivity contribution in [1.82, 2.24) is 10.2 Å². The van der Waals surface area contributed by atoms with Crippen molar-refractivity contribution in [1.29, 1.82) is 0 Å². The van der Waals surface area contributed by atoms with Crippen molar-refractivity contribution in [2.24, 2.45) is 0 Å². The first-order valence-electron chi connectivity index (χ1n) is 25.9. The fourth-order valence-corrected chi connectivity index (χ4v) is 12.2. The van der Waals surface area contributed by atoms with Crippen LogP contribution in [0.1, 0.15) is 108 Å². The molecular weight excluding hydrogens is 1060 g/mol. The number of rotatable bonds is 20. The van der Waals surface area contributed by atoms with Gasteiger partial charge in [-0.2, -0.15) is 0 Å². The number of phosphoric ester groups is 1. The molecule has 3 N–H and O–H groups in total. The lowest BCUT2D eigenvalue weighted by Crippen LogP contribution is -2.31.